The minimum atomic E-state index is -0.914. The molecule has 0 saturated heterocycles. The fourth-order valence-corrected chi connectivity index (χ4v) is 1.68. The number of furan rings is 1. The van der Waals surface area contributed by atoms with Gasteiger partial charge in [-0.3, -0.25) is 10.1 Å². The van der Waals surface area contributed by atoms with E-state index in [0.29, 0.717) is 0 Å². The van der Waals surface area contributed by atoms with Crippen molar-refractivity contribution in [1.82, 2.24) is 5.43 Å². The number of nitrogens with two attached hydrogens (primary N) is 1. The number of nitro groups is 1. The summed E-state index contributed by atoms with van der Waals surface area (Å²) in [7, 11) is 0. The Morgan fingerprint density at radius 1 is 1.48 bits per heavy atom. The first-order chi connectivity index (χ1) is 9.79. The van der Waals surface area contributed by atoms with Crippen LogP contribution in [0.3, 0.4) is 0 Å². The highest BCUT2D eigenvalue weighted by Gasteiger charge is 2.34. The molecule has 0 unspecified atom stereocenters. The zero-order valence-corrected chi connectivity index (χ0v) is 11.6. The number of hydrogen-bond donors (Lipinski definition) is 2. The first-order valence-electron chi connectivity index (χ1n) is 5.84. The number of carbonyl (C=O) groups is 2. The number of ether oxygens (including phenoxy) is 1. The fraction of sp³-hybridized carbons (Fsp3) is 0.364. The van der Waals surface area contributed by atoms with E-state index < -0.39 is 22.8 Å². The van der Waals surface area contributed by atoms with Crippen LogP contribution in [0.25, 0.3) is 0 Å². The van der Waals surface area contributed by atoms with E-state index in [-0.39, 0.29) is 29.2 Å². The van der Waals surface area contributed by atoms with Crippen molar-refractivity contribution in [3.8, 4) is 0 Å². The summed E-state index contributed by atoms with van der Waals surface area (Å²) in [5.74, 6) is -1.56. The van der Waals surface area contributed by atoms with Gasteiger partial charge in [-0.05, 0) is 20.8 Å². The Balaban J connectivity index is 3.43. The quantitative estimate of drug-likeness (QED) is 0.359. The van der Waals surface area contributed by atoms with Crippen LogP contribution in [0.2, 0.25) is 0 Å². The number of primary amides is 1. The number of carbonyl (C=O) groups excluding carboxylic acids is 2. The third kappa shape index (κ3) is 3.55. The molecule has 0 aliphatic carbocycles. The molecule has 0 spiro atoms. The molecule has 2 amide bonds. The average molecular weight is 298 g/mol. The standard InChI is InChI=1S/C11H14N4O6/c1-4-20-10(16)8-7(5(2)13-14-11(12)17)6(3)21-9(8)15(18)19/h4H2,1-3H3,(H3,12,14,17)/b13-5+. The minimum absolute atomic E-state index is 0.0371. The molecule has 0 aliphatic rings. The molecule has 0 bridgehead atoms. The van der Waals surface area contributed by atoms with Crippen molar-refractivity contribution in [3.63, 3.8) is 0 Å². The summed E-state index contributed by atoms with van der Waals surface area (Å²) in [6.07, 6.45) is 0. The zero-order valence-electron chi connectivity index (χ0n) is 11.6. The third-order valence-electron chi connectivity index (χ3n) is 2.41. The van der Waals surface area contributed by atoms with Crippen molar-refractivity contribution in [2.45, 2.75) is 20.8 Å². The predicted octanol–water partition coefficient (Wildman–Crippen LogP) is 1.07. The Morgan fingerprint density at radius 2 is 2.10 bits per heavy atom. The molecule has 10 nitrogen and oxygen atoms in total. The van der Waals surface area contributed by atoms with Gasteiger partial charge in [0, 0.05) is 0 Å². The van der Waals surface area contributed by atoms with Crippen molar-refractivity contribution >= 4 is 23.6 Å². The van der Waals surface area contributed by atoms with Gasteiger partial charge in [0.15, 0.2) is 5.56 Å². The molecule has 0 aliphatic heterocycles. The Hall–Kier alpha value is -2.91. The molecule has 0 aromatic carbocycles. The van der Waals surface area contributed by atoms with E-state index in [9.17, 15) is 19.7 Å². The van der Waals surface area contributed by atoms with Crippen molar-refractivity contribution < 1.29 is 23.7 Å². The van der Waals surface area contributed by atoms with E-state index in [4.69, 9.17) is 14.9 Å². The lowest BCUT2D eigenvalue weighted by atomic mass is 10.1. The van der Waals surface area contributed by atoms with Crippen LogP contribution < -0.4 is 11.2 Å². The summed E-state index contributed by atoms with van der Waals surface area (Å²) in [6.45, 7) is 4.45. The largest absolute Gasteiger partial charge is 0.462 e. The topological polar surface area (TPSA) is 150 Å². The maximum Gasteiger partial charge on any atom is 0.448 e. The molecule has 1 heterocycles. The molecule has 21 heavy (non-hydrogen) atoms. The van der Waals surface area contributed by atoms with Gasteiger partial charge in [-0.15, -0.1) is 0 Å². The Morgan fingerprint density at radius 3 is 2.57 bits per heavy atom. The lowest BCUT2D eigenvalue weighted by Crippen LogP contribution is -2.26. The highest BCUT2D eigenvalue weighted by Crippen LogP contribution is 2.30. The molecule has 1 aromatic rings. The van der Waals surface area contributed by atoms with Gasteiger partial charge in [-0.25, -0.2) is 15.0 Å². The van der Waals surface area contributed by atoms with Gasteiger partial charge in [0.1, 0.15) is 10.7 Å². The van der Waals surface area contributed by atoms with Gasteiger partial charge in [-0.2, -0.15) is 5.10 Å². The number of aryl methyl sites for hydroxylation is 1. The highest BCUT2D eigenvalue weighted by atomic mass is 16.6. The summed E-state index contributed by atoms with van der Waals surface area (Å²) in [6, 6.07) is -0.914. The van der Waals surface area contributed by atoms with Crippen LogP contribution in [-0.2, 0) is 4.74 Å². The second-order valence-corrected chi connectivity index (χ2v) is 3.86. The first kappa shape index (κ1) is 16.1. The molecule has 0 fully saturated rings. The smallest absolute Gasteiger partial charge is 0.448 e. The second-order valence-electron chi connectivity index (χ2n) is 3.86. The average Bonchev–Trinajstić information content (AvgIpc) is 2.74. The van der Waals surface area contributed by atoms with Crippen LogP contribution in [0.5, 0.6) is 0 Å². The first-order valence-corrected chi connectivity index (χ1v) is 5.84. The van der Waals surface area contributed by atoms with Gasteiger partial charge >= 0.3 is 17.9 Å². The molecule has 0 radical (unpaired) electrons. The summed E-state index contributed by atoms with van der Waals surface area (Å²) >= 11 is 0. The highest BCUT2D eigenvalue weighted by molar-refractivity contribution is 6.10. The van der Waals surface area contributed by atoms with Gasteiger partial charge < -0.3 is 14.9 Å². The monoisotopic (exact) mass is 298 g/mol. The molecular weight excluding hydrogens is 284 g/mol. The molecule has 1 aromatic heterocycles. The predicted molar refractivity (Wildman–Crippen MR) is 71.0 cm³/mol. The van der Waals surface area contributed by atoms with Crippen LogP contribution in [0.1, 0.15) is 35.5 Å². The number of nitrogens with zero attached hydrogens (tertiary/aromatic N) is 2. The number of hydrogen-bond acceptors (Lipinski definition) is 7. The number of rotatable bonds is 5. The summed E-state index contributed by atoms with van der Waals surface area (Å²) in [5, 5.41) is 14.6. The fourth-order valence-electron chi connectivity index (χ4n) is 1.68. The molecule has 0 saturated carbocycles. The van der Waals surface area contributed by atoms with Crippen LogP contribution in [-0.4, -0.2) is 29.2 Å². The van der Waals surface area contributed by atoms with E-state index in [1.165, 1.54) is 13.8 Å². The van der Waals surface area contributed by atoms with Crippen molar-refractivity contribution in [1.29, 1.82) is 0 Å². The van der Waals surface area contributed by atoms with Gasteiger partial charge in [0.2, 0.25) is 0 Å². The van der Waals surface area contributed by atoms with E-state index in [1.807, 2.05) is 5.43 Å². The van der Waals surface area contributed by atoms with Gasteiger partial charge in [0.25, 0.3) is 0 Å². The van der Waals surface area contributed by atoms with Crippen LogP contribution in [0.4, 0.5) is 10.7 Å². The van der Waals surface area contributed by atoms with Crippen LogP contribution in [0, 0.1) is 17.0 Å². The molecule has 0 atom stereocenters. The second kappa shape index (κ2) is 6.50. The Kier molecular flexibility index (Phi) is 5.00. The van der Waals surface area contributed by atoms with E-state index >= 15 is 0 Å². The summed E-state index contributed by atoms with van der Waals surface area (Å²) in [5.41, 5.74) is 6.69. The minimum Gasteiger partial charge on any atom is -0.462 e. The van der Waals surface area contributed by atoms with Crippen LogP contribution >= 0.6 is 0 Å². The Bertz CT molecular complexity index is 618. The normalized spacial score (nSPS) is 11.1. The van der Waals surface area contributed by atoms with Crippen molar-refractivity contribution in [3.05, 3.63) is 27.0 Å². The maximum atomic E-state index is 11.9. The molecular formula is C11H14N4O6. The van der Waals surface area contributed by atoms with E-state index in [0.717, 1.165) is 0 Å². The lowest BCUT2D eigenvalue weighted by molar-refractivity contribution is -0.402. The molecule has 1 rings (SSSR count). The number of urea groups is 1. The number of esters is 1. The van der Waals surface area contributed by atoms with Crippen LogP contribution in [0.15, 0.2) is 9.52 Å². The van der Waals surface area contributed by atoms with Crippen molar-refractivity contribution in [2.75, 3.05) is 6.61 Å². The number of nitrogens with one attached hydrogen (secondary N) is 1. The van der Waals surface area contributed by atoms with Gasteiger partial charge in [-0.1, -0.05) is 0 Å². The Labute approximate surface area is 119 Å². The SMILES string of the molecule is CCOC(=O)c1c([N+](=O)[O-])oc(C)c1/C(C)=N/NC(N)=O. The lowest BCUT2D eigenvalue weighted by Gasteiger charge is -2.03. The summed E-state index contributed by atoms with van der Waals surface area (Å²) < 4.78 is 9.76. The molecule has 10 heteroatoms. The van der Waals surface area contributed by atoms with E-state index in [2.05, 4.69) is 5.10 Å². The maximum absolute atomic E-state index is 11.9. The summed E-state index contributed by atoms with van der Waals surface area (Å²) in [4.78, 5) is 32.7. The van der Waals surface area contributed by atoms with Gasteiger partial charge in [0.05, 0.1) is 17.9 Å². The van der Waals surface area contributed by atoms with Crippen molar-refractivity contribution in [2.24, 2.45) is 10.8 Å². The molecule has 114 valence electrons. The third-order valence-corrected chi connectivity index (χ3v) is 2.41. The zero-order chi connectivity index (χ0) is 16.2. The molecule has 3 N–H and O–H groups in total. The van der Waals surface area contributed by atoms with E-state index in [1.54, 1.807) is 6.92 Å². The number of hydrazone groups is 1. The number of amides is 2.